The van der Waals surface area contributed by atoms with Crippen molar-refractivity contribution in [3.05, 3.63) is 76.2 Å². The summed E-state index contributed by atoms with van der Waals surface area (Å²) in [5.74, 6) is -0.180. The maximum atomic E-state index is 13.6. The van der Waals surface area contributed by atoms with Crippen LogP contribution < -0.4 is 5.56 Å². The first-order valence-electron chi connectivity index (χ1n) is 10.2. The van der Waals surface area contributed by atoms with Crippen molar-refractivity contribution in [2.45, 2.75) is 33.0 Å². The highest BCUT2D eigenvalue weighted by atomic mass is 16.5. The highest BCUT2D eigenvalue weighted by Crippen LogP contribution is 2.34. The van der Waals surface area contributed by atoms with Crippen molar-refractivity contribution in [3.63, 3.8) is 0 Å². The molecule has 1 fully saturated rings. The minimum Gasteiger partial charge on any atom is -0.366 e. The lowest BCUT2D eigenvalue weighted by Gasteiger charge is -2.43. The number of aromatic nitrogens is 2. The smallest absolute Gasteiger partial charge is 0.275 e. The minimum atomic E-state index is -0.216. The van der Waals surface area contributed by atoms with Gasteiger partial charge in [-0.3, -0.25) is 9.59 Å². The molecule has 0 N–H and O–H groups in total. The Morgan fingerprint density at radius 1 is 1.00 bits per heavy atom. The third-order valence-corrected chi connectivity index (χ3v) is 5.68. The van der Waals surface area contributed by atoms with Crippen molar-refractivity contribution < 1.29 is 9.53 Å². The summed E-state index contributed by atoms with van der Waals surface area (Å²) in [7, 11) is 1.58. The van der Waals surface area contributed by atoms with E-state index >= 15 is 0 Å². The van der Waals surface area contributed by atoms with Crippen LogP contribution in [0, 0.1) is 5.41 Å². The fourth-order valence-corrected chi connectivity index (χ4v) is 3.86. The van der Waals surface area contributed by atoms with Crippen LogP contribution in [0.5, 0.6) is 0 Å². The Hall–Kier alpha value is -2.99. The summed E-state index contributed by atoms with van der Waals surface area (Å²) < 4.78 is 7.66. The lowest BCUT2D eigenvalue weighted by atomic mass is 9.87. The molecule has 2 atom stereocenters. The number of hydrogen-bond donors (Lipinski definition) is 0. The molecule has 6 nitrogen and oxygen atoms in total. The van der Waals surface area contributed by atoms with Gasteiger partial charge in [-0.05, 0) is 17.0 Å². The molecule has 2 heterocycles. The second-order valence-electron chi connectivity index (χ2n) is 8.92. The van der Waals surface area contributed by atoms with Crippen LogP contribution in [-0.4, -0.2) is 39.8 Å². The Morgan fingerprint density at radius 2 is 1.63 bits per heavy atom. The second kappa shape index (κ2) is 7.69. The van der Waals surface area contributed by atoms with Crippen molar-refractivity contribution in [1.82, 2.24) is 14.7 Å². The number of hydrogen-bond acceptors (Lipinski definition) is 4. The average molecular weight is 405 g/mol. The van der Waals surface area contributed by atoms with Crippen molar-refractivity contribution in [1.29, 1.82) is 0 Å². The lowest BCUT2D eigenvalue weighted by molar-refractivity contribution is -0.119. The first-order valence-corrected chi connectivity index (χ1v) is 10.2. The standard InChI is InChI=1S/C24H27N3O3/c1-24(2,3)20-15-27(14-19(30-20)16-10-6-5-7-11-16)23(29)21-17-12-8-9-13-18(17)22(28)26(4)25-21/h5-13,19-20H,14-15H2,1-4H3/t19-,20+/m0/s1. The van der Waals surface area contributed by atoms with E-state index in [1.54, 1.807) is 25.2 Å². The average Bonchev–Trinajstić information content (AvgIpc) is 2.75. The number of benzene rings is 2. The molecule has 6 heteroatoms. The second-order valence-corrected chi connectivity index (χ2v) is 8.92. The molecule has 0 radical (unpaired) electrons. The molecule has 0 bridgehead atoms. The largest absolute Gasteiger partial charge is 0.366 e. The summed E-state index contributed by atoms with van der Waals surface area (Å²) in [6.07, 6.45) is -0.342. The molecule has 0 saturated carbocycles. The number of ether oxygens (including phenoxy) is 1. The van der Waals surface area contributed by atoms with Crippen LogP contribution in [-0.2, 0) is 11.8 Å². The molecule has 1 aromatic heterocycles. The molecule has 3 aromatic rings. The van der Waals surface area contributed by atoms with E-state index in [1.165, 1.54) is 4.68 Å². The Morgan fingerprint density at radius 3 is 2.30 bits per heavy atom. The molecule has 30 heavy (non-hydrogen) atoms. The van der Waals surface area contributed by atoms with Crippen molar-refractivity contribution in [2.24, 2.45) is 12.5 Å². The first kappa shape index (κ1) is 20.3. The molecule has 2 aromatic carbocycles. The Bertz CT molecular complexity index is 1130. The lowest BCUT2D eigenvalue weighted by Crippen LogP contribution is -2.51. The van der Waals surface area contributed by atoms with E-state index in [9.17, 15) is 9.59 Å². The number of carbonyl (C=O) groups is 1. The predicted octanol–water partition coefficient (Wildman–Crippen LogP) is 3.56. The van der Waals surface area contributed by atoms with E-state index in [2.05, 4.69) is 25.9 Å². The number of amides is 1. The van der Waals surface area contributed by atoms with E-state index in [0.717, 1.165) is 5.56 Å². The van der Waals surface area contributed by atoms with Gasteiger partial charge in [0.05, 0.1) is 18.0 Å². The van der Waals surface area contributed by atoms with Crippen molar-refractivity contribution in [3.8, 4) is 0 Å². The van der Waals surface area contributed by atoms with E-state index < -0.39 is 0 Å². The zero-order chi connectivity index (χ0) is 21.5. The first-order chi connectivity index (χ1) is 14.3. The number of fused-ring (bicyclic) bond motifs is 1. The number of carbonyl (C=O) groups excluding carboxylic acids is 1. The van der Waals surface area contributed by atoms with Crippen LogP contribution in [0.25, 0.3) is 10.8 Å². The summed E-state index contributed by atoms with van der Waals surface area (Å²) in [5.41, 5.74) is 1.00. The Labute approximate surface area is 176 Å². The quantitative estimate of drug-likeness (QED) is 0.654. The van der Waals surface area contributed by atoms with Crippen LogP contribution in [0.2, 0.25) is 0 Å². The van der Waals surface area contributed by atoms with Crippen LogP contribution >= 0.6 is 0 Å². The summed E-state index contributed by atoms with van der Waals surface area (Å²) >= 11 is 0. The fraction of sp³-hybridized carbons (Fsp3) is 0.375. The fourth-order valence-electron chi connectivity index (χ4n) is 3.86. The van der Waals surface area contributed by atoms with Gasteiger partial charge in [0, 0.05) is 19.0 Å². The summed E-state index contributed by atoms with van der Waals surface area (Å²) in [4.78, 5) is 27.9. The van der Waals surface area contributed by atoms with E-state index in [0.29, 0.717) is 29.6 Å². The number of nitrogens with zero attached hydrogens (tertiary/aromatic N) is 3. The van der Waals surface area contributed by atoms with Gasteiger partial charge in [-0.25, -0.2) is 4.68 Å². The molecule has 1 aliphatic heterocycles. The van der Waals surface area contributed by atoms with Gasteiger partial charge in [0.2, 0.25) is 0 Å². The van der Waals surface area contributed by atoms with E-state index in [-0.39, 0.29) is 29.1 Å². The van der Waals surface area contributed by atoms with Gasteiger partial charge >= 0.3 is 0 Å². The molecule has 4 rings (SSSR count). The molecular weight excluding hydrogens is 378 g/mol. The third-order valence-electron chi connectivity index (χ3n) is 5.68. The zero-order valence-corrected chi connectivity index (χ0v) is 17.8. The normalized spacial score (nSPS) is 19.8. The molecule has 1 amide bonds. The monoisotopic (exact) mass is 405 g/mol. The molecule has 1 saturated heterocycles. The van der Waals surface area contributed by atoms with Crippen LogP contribution in [0.3, 0.4) is 0 Å². The number of aryl methyl sites for hydroxylation is 1. The SMILES string of the molecule is Cn1nc(C(=O)N2C[C@@H](c3ccccc3)O[C@@H](C(C)(C)C)C2)c2ccccc2c1=O. The van der Waals surface area contributed by atoms with Gasteiger partial charge in [-0.15, -0.1) is 0 Å². The van der Waals surface area contributed by atoms with E-state index in [4.69, 9.17) is 4.74 Å². The van der Waals surface area contributed by atoms with Gasteiger partial charge < -0.3 is 9.64 Å². The van der Waals surface area contributed by atoms with E-state index in [1.807, 2.05) is 41.3 Å². The van der Waals surface area contributed by atoms with Gasteiger partial charge in [0.25, 0.3) is 11.5 Å². The van der Waals surface area contributed by atoms with Crippen molar-refractivity contribution in [2.75, 3.05) is 13.1 Å². The Kier molecular flexibility index (Phi) is 5.20. The maximum absolute atomic E-state index is 13.6. The van der Waals surface area contributed by atoms with Crippen molar-refractivity contribution >= 4 is 16.7 Å². The van der Waals surface area contributed by atoms with Gasteiger partial charge in [0.1, 0.15) is 6.10 Å². The summed E-state index contributed by atoms with van der Waals surface area (Å²) in [6.45, 7) is 7.27. The molecule has 0 aliphatic carbocycles. The minimum absolute atomic E-state index is 0.126. The summed E-state index contributed by atoms with van der Waals surface area (Å²) in [5, 5.41) is 5.42. The maximum Gasteiger partial charge on any atom is 0.275 e. The van der Waals surface area contributed by atoms with Crippen LogP contribution in [0.4, 0.5) is 0 Å². The molecule has 1 aliphatic rings. The molecule has 156 valence electrons. The summed E-state index contributed by atoms with van der Waals surface area (Å²) in [6, 6.07) is 17.1. The van der Waals surface area contributed by atoms with Gasteiger partial charge in [-0.2, -0.15) is 5.10 Å². The molecular formula is C24H27N3O3. The number of morpholine rings is 1. The van der Waals surface area contributed by atoms with Gasteiger partial charge in [0.15, 0.2) is 5.69 Å². The third kappa shape index (κ3) is 3.75. The zero-order valence-electron chi connectivity index (χ0n) is 17.8. The van der Waals surface area contributed by atoms with Gasteiger partial charge in [-0.1, -0.05) is 69.3 Å². The number of rotatable bonds is 2. The van der Waals surface area contributed by atoms with Crippen LogP contribution in [0.1, 0.15) is 42.9 Å². The predicted molar refractivity (Wildman–Crippen MR) is 116 cm³/mol. The molecule has 0 unspecified atom stereocenters. The highest BCUT2D eigenvalue weighted by molar-refractivity contribution is 6.04. The Balaban J connectivity index is 1.75. The topological polar surface area (TPSA) is 64.4 Å². The van der Waals surface area contributed by atoms with Crippen LogP contribution in [0.15, 0.2) is 59.4 Å². The highest BCUT2D eigenvalue weighted by Gasteiger charge is 2.38. The molecule has 0 spiro atoms.